The SMILES string of the molecule is CC(C)c1nn(-c2cccc(Br)c2)c2c1CCCCN2. The van der Waals surface area contributed by atoms with E-state index in [2.05, 4.69) is 58.0 Å². The monoisotopic (exact) mass is 333 g/mol. The van der Waals surface area contributed by atoms with Crippen LogP contribution in [0.2, 0.25) is 0 Å². The molecule has 1 aliphatic rings. The van der Waals surface area contributed by atoms with Crippen LogP contribution in [0.1, 0.15) is 43.9 Å². The van der Waals surface area contributed by atoms with Crippen LogP contribution in [-0.4, -0.2) is 16.3 Å². The van der Waals surface area contributed by atoms with Crippen LogP contribution in [0.5, 0.6) is 0 Å². The molecule has 4 heteroatoms. The number of aromatic nitrogens is 2. The van der Waals surface area contributed by atoms with Gasteiger partial charge >= 0.3 is 0 Å². The molecule has 0 atom stereocenters. The summed E-state index contributed by atoms with van der Waals surface area (Å²) in [5.74, 6) is 1.64. The van der Waals surface area contributed by atoms with Gasteiger partial charge in [0, 0.05) is 16.6 Å². The molecule has 0 aliphatic carbocycles. The molecule has 2 heterocycles. The van der Waals surface area contributed by atoms with E-state index in [4.69, 9.17) is 5.10 Å². The predicted molar refractivity (Wildman–Crippen MR) is 86.8 cm³/mol. The average Bonchev–Trinajstić information content (AvgIpc) is 2.61. The Morgan fingerprint density at radius 1 is 1.30 bits per heavy atom. The Morgan fingerprint density at radius 2 is 2.15 bits per heavy atom. The highest BCUT2D eigenvalue weighted by Crippen LogP contribution is 2.32. The Balaban J connectivity index is 2.15. The van der Waals surface area contributed by atoms with E-state index in [-0.39, 0.29) is 0 Å². The topological polar surface area (TPSA) is 29.9 Å². The van der Waals surface area contributed by atoms with Crippen LogP contribution in [0, 0.1) is 0 Å². The van der Waals surface area contributed by atoms with Gasteiger partial charge in [0.1, 0.15) is 5.82 Å². The minimum absolute atomic E-state index is 0.456. The van der Waals surface area contributed by atoms with Crippen LogP contribution in [0.15, 0.2) is 28.7 Å². The molecule has 2 aromatic rings. The van der Waals surface area contributed by atoms with Gasteiger partial charge in [0.15, 0.2) is 0 Å². The van der Waals surface area contributed by atoms with Crippen molar-refractivity contribution >= 4 is 21.7 Å². The van der Waals surface area contributed by atoms with Crippen LogP contribution >= 0.6 is 15.9 Å². The Kier molecular flexibility index (Phi) is 3.83. The quantitative estimate of drug-likeness (QED) is 0.876. The lowest BCUT2D eigenvalue weighted by Crippen LogP contribution is -2.07. The third kappa shape index (κ3) is 2.49. The molecular formula is C16H20BrN3. The van der Waals surface area contributed by atoms with Crippen molar-refractivity contribution in [2.75, 3.05) is 11.9 Å². The van der Waals surface area contributed by atoms with Crippen molar-refractivity contribution < 1.29 is 0 Å². The second-order valence-corrected chi connectivity index (χ2v) is 6.56. The molecule has 0 amide bonds. The van der Waals surface area contributed by atoms with Gasteiger partial charge in [0.05, 0.1) is 11.4 Å². The molecule has 1 aliphatic heterocycles. The van der Waals surface area contributed by atoms with Crippen LogP contribution in [0.25, 0.3) is 5.69 Å². The highest BCUT2D eigenvalue weighted by atomic mass is 79.9. The number of hydrogen-bond donors (Lipinski definition) is 1. The largest absolute Gasteiger partial charge is 0.370 e. The van der Waals surface area contributed by atoms with Crippen LogP contribution < -0.4 is 5.32 Å². The summed E-state index contributed by atoms with van der Waals surface area (Å²) in [7, 11) is 0. The minimum Gasteiger partial charge on any atom is -0.370 e. The standard InChI is InChI=1S/C16H20BrN3/c1-11(2)15-14-8-3-4-9-18-16(14)20(19-15)13-7-5-6-12(17)10-13/h5-7,10-11,18H,3-4,8-9H2,1-2H3. The molecule has 0 fully saturated rings. The molecule has 0 saturated carbocycles. The second-order valence-electron chi connectivity index (χ2n) is 5.64. The molecular weight excluding hydrogens is 314 g/mol. The summed E-state index contributed by atoms with van der Waals surface area (Å²) in [6.07, 6.45) is 3.60. The zero-order valence-corrected chi connectivity index (χ0v) is 13.6. The maximum atomic E-state index is 4.88. The summed E-state index contributed by atoms with van der Waals surface area (Å²) in [5.41, 5.74) is 3.74. The van der Waals surface area contributed by atoms with Gasteiger partial charge in [-0.3, -0.25) is 0 Å². The van der Waals surface area contributed by atoms with Crippen LogP contribution in [-0.2, 0) is 6.42 Å². The number of nitrogens with one attached hydrogen (secondary N) is 1. The van der Waals surface area contributed by atoms with Gasteiger partial charge < -0.3 is 5.32 Å². The summed E-state index contributed by atoms with van der Waals surface area (Å²) < 4.78 is 3.15. The van der Waals surface area contributed by atoms with Gasteiger partial charge in [0.25, 0.3) is 0 Å². The normalized spacial score (nSPS) is 14.8. The number of rotatable bonds is 2. The molecule has 0 saturated heterocycles. The number of anilines is 1. The Morgan fingerprint density at radius 3 is 2.90 bits per heavy atom. The zero-order chi connectivity index (χ0) is 14.1. The Hall–Kier alpha value is -1.29. The molecule has 1 N–H and O–H groups in total. The first-order chi connectivity index (χ1) is 9.66. The van der Waals surface area contributed by atoms with Gasteiger partial charge in [-0.25, -0.2) is 4.68 Å². The Labute approximate surface area is 128 Å². The lowest BCUT2D eigenvalue weighted by Gasteiger charge is -2.09. The molecule has 106 valence electrons. The van der Waals surface area contributed by atoms with E-state index < -0.39 is 0 Å². The molecule has 0 radical (unpaired) electrons. The lowest BCUT2D eigenvalue weighted by molar-refractivity contribution is 0.731. The summed E-state index contributed by atoms with van der Waals surface area (Å²) >= 11 is 3.55. The number of halogens is 1. The first kappa shape index (κ1) is 13.7. The Bertz CT molecular complexity index is 616. The van der Waals surface area contributed by atoms with E-state index in [0.29, 0.717) is 5.92 Å². The zero-order valence-electron chi connectivity index (χ0n) is 12.0. The average molecular weight is 334 g/mol. The van der Waals surface area contributed by atoms with Crippen molar-refractivity contribution in [3.63, 3.8) is 0 Å². The van der Waals surface area contributed by atoms with Gasteiger partial charge in [-0.05, 0) is 43.4 Å². The molecule has 20 heavy (non-hydrogen) atoms. The van der Waals surface area contributed by atoms with Gasteiger partial charge in [-0.15, -0.1) is 0 Å². The van der Waals surface area contributed by atoms with Crippen LogP contribution in [0.4, 0.5) is 5.82 Å². The number of nitrogens with zero attached hydrogens (tertiary/aromatic N) is 2. The number of benzene rings is 1. The van der Waals surface area contributed by atoms with Gasteiger partial charge in [0.2, 0.25) is 0 Å². The van der Waals surface area contributed by atoms with Crippen LogP contribution in [0.3, 0.4) is 0 Å². The van der Waals surface area contributed by atoms with Gasteiger partial charge in [-0.1, -0.05) is 35.8 Å². The first-order valence-electron chi connectivity index (χ1n) is 7.28. The van der Waals surface area contributed by atoms with Gasteiger partial charge in [-0.2, -0.15) is 5.10 Å². The maximum Gasteiger partial charge on any atom is 0.133 e. The van der Waals surface area contributed by atoms with Crippen molar-refractivity contribution in [2.45, 2.75) is 39.0 Å². The molecule has 3 rings (SSSR count). The fourth-order valence-electron chi connectivity index (χ4n) is 2.79. The molecule has 1 aromatic heterocycles. The van der Waals surface area contributed by atoms with E-state index >= 15 is 0 Å². The summed E-state index contributed by atoms with van der Waals surface area (Å²) in [6.45, 7) is 5.47. The van der Waals surface area contributed by atoms with E-state index in [0.717, 1.165) is 23.1 Å². The highest BCUT2D eigenvalue weighted by Gasteiger charge is 2.22. The van der Waals surface area contributed by atoms with Crippen molar-refractivity contribution in [2.24, 2.45) is 0 Å². The fourth-order valence-corrected chi connectivity index (χ4v) is 3.17. The molecule has 1 aromatic carbocycles. The third-order valence-electron chi connectivity index (χ3n) is 3.76. The van der Waals surface area contributed by atoms with E-state index in [1.165, 1.54) is 29.9 Å². The lowest BCUT2D eigenvalue weighted by atomic mass is 10.0. The molecule has 3 nitrogen and oxygen atoms in total. The van der Waals surface area contributed by atoms with E-state index in [9.17, 15) is 0 Å². The van der Waals surface area contributed by atoms with Crippen molar-refractivity contribution in [3.05, 3.63) is 40.0 Å². The number of hydrogen-bond acceptors (Lipinski definition) is 2. The molecule has 0 bridgehead atoms. The molecule has 0 spiro atoms. The highest BCUT2D eigenvalue weighted by molar-refractivity contribution is 9.10. The summed E-state index contributed by atoms with van der Waals surface area (Å²) in [5, 5.41) is 8.45. The molecule has 0 unspecified atom stereocenters. The van der Waals surface area contributed by atoms with E-state index in [1.807, 2.05) is 6.07 Å². The maximum absolute atomic E-state index is 4.88. The fraction of sp³-hybridized carbons (Fsp3) is 0.438. The first-order valence-corrected chi connectivity index (χ1v) is 8.07. The number of fused-ring (bicyclic) bond motifs is 1. The smallest absolute Gasteiger partial charge is 0.133 e. The van der Waals surface area contributed by atoms with Crippen molar-refractivity contribution in [1.29, 1.82) is 0 Å². The third-order valence-corrected chi connectivity index (χ3v) is 4.25. The summed E-state index contributed by atoms with van der Waals surface area (Å²) in [4.78, 5) is 0. The second kappa shape index (κ2) is 5.60. The van der Waals surface area contributed by atoms with E-state index in [1.54, 1.807) is 0 Å². The van der Waals surface area contributed by atoms with Crippen molar-refractivity contribution in [1.82, 2.24) is 9.78 Å². The minimum atomic E-state index is 0.456. The van der Waals surface area contributed by atoms with Crippen molar-refractivity contribution in [3.8, 4) is 5.69 Å². The predicted octanol–water partition coefficient (Wildman–Crippen LogP) is 4.51. The summed E-state index contributed by atoms with van der Waals surface area (Å²) in [6, 6.07) is 8.32.